The van der Waals surface area contributed by atoms with Gasteiger partial charge in [0.05, 0.1) is 6.07 Å². The minimum atomic E-state index is 0.682. The topological polar surface area (TPSA) is 23.8 Å². The van der Waals surface area contributed by atoms with Crippen molar-refractivity contribution in [3.8, 4) is 6.07 Å². The van der Waals surface area contributed by atoms with Gasteiger partial charge in [-0.15, -0.1) is 11.3 Å². The van der Waals surface area contributed by atoms with Gasteiger partial charge in [-0.25, -0.2) is 0 Å². The number of hydrogen-bond donors (Lipinski definition) is 0. The first-order valence-electron chi connectivity index (χ1n) is 4.81. The van der Waals surface area contributed by atoms with Crippen LogP contribution < -0.4 is 0 Å². The highest BCUT2D eigenvalue weighted by molar-refractivity contribution is 7.11. The molecule has 0 aromatic carbocycles. The number of unbranched alkanes of at least 4 members (excludes halogenated alkanes) is 1. The number of aryl methyl sites for hydroxylation is 2. The van der Waals surface area contributed by atoms with Crippen molar-refractivity contribution in [2.75, 3.05) is 0 Å². The van der Waals surface area contributed by atoms with Gasteiger partial charge < -0.3 is 0 Å². The van der Waals surface area contributed by atoms with Crippen molar-refractivity contribution in [2.24, 2.45) is 0 Å². The first-order chi connectivity index (χ1) is 6.36. The van der Waals surface area contributed by atoms with Crippen molar-refractivity contribution in [1.29, 1.82) is 5.26 Å². The smallest absolute Gasteiger partial charge is 0.0621 e. The molecule has 1 heterocycles. The van der Waals surface area contributed by atoms with Crippen LogP contribution in [0.15, 0.2) is 12.1 Å². The lowest BCUT2D eigenvalue weighted by Gasteiger charge is -1.92. The maximum Gasteiger partial charge on any atom is 0.0621 e. The number of rotatable bonds is 5. The summed E-state index contributed by atoms with van der Waals surface area (Å²) in [5, 5.41) is 8.39. The third-order valence-corrected chi connectivity index (χ3v) is 3.13. The molecule has 0 radical (unpaired) electrons. The lowest BCUT2D eigenvalue weighted by atomic mass is 10.2. The summed E-state index contributed by atoms with van der Waals surface area (Å²) in [6.07, 6.45) is 5.17. The molecule has 0 saturated heterocycles. The molecule has 0 unspecified atom stereocenters. The lowest BCUT2D eigenvalue weighted by molar-refractivity contribution is 0.863. The highest BCUT2D eigenvalue weighted by Gasteiger charge is 1.98. The Balaban J connectivity index is 2.36. The first-order valence-corrected chi connectivity index (χ1v) is 5.63. The molecule has 0 bridgehead atoms. The van der Waals surface area contributed by atoms with E-state index in [9.17, 15) is 0 Å². The molecular formula is C11H15NS. The van der Waals surface area contributed by atoms with E-state index in [0.717, 1.165) is 12.8 Å². The van der Waals surface area contributed by atoms with Crippen LogP contribution in [0, 0.1) is 11.3 Å². The van der Waals surface area contributed by atoms with Crippen LogP contribution in [0.25, 0.3) is 0 Å². The van der Waals surface area contributed by atoms with E-state index < -0.39 is 0 Å². The monoisotopic (exact) mass is 193 g/mol. The number of nitrogens with zero attached hydrogens (tertiary/aromatic N) is 1. The van der Waals surface area contributed by atoms with Crippen molar-refractivity contribution >= 4 is 11.3 Å². The largest absolute Gasteiger partial charge is 0.198 e. The zero-order chi connectivity index (χ0) is 9.52. The van der Waals surface area contributed by atoms with E-state index in [-0.39, 0.29) is 0 Å². The van der Waals surface area contributed by atoms with Crippen molar-refractivity contribution in [1.82, 2.24) is 0 Å². The van der Waals surface area contributed by atoms with Crippen molar-refractivity contribution in [3.63, 3.8) is 0 Å². The molecule has 0 aliphatic carbocycles. The van der Waals surface area contributed by atoms with Crippen molar-refractivity contribution < 1.29 is 0 Å². The fourth-order valence-electron chi connectivity index (χ4n) is 1.28. The van der Waals surface area contributed by atoms with Crippen LogP contribution in [-0.2, 0) is 12.8 Å². The van der Waals surface area contributed by atoms with Crippen LogP contribution in [0.1, 0.15) is 35.9 Å². The quantitative estimate of drug-likeness (QED) is 0.656. The molecule has 0 spiro atoms. The predicted octanol–water partition coefficient (Wildman–Crippen LogP) is 3.55. The van der Waals surface area contributed by atoms with Gasteiger partial charge in [-0.3, -0.25) is 0 Å². The van der Waals surface area contributed by atoms with E-state index in [1.165, 1.54) is 22.6 Å². The Hall–Kier alpha value is -0.810. The molecule has 0 amide bonds. The van der Waals surface area contributed by atoms with Gasteiger partial charge >= 0.3 is 0 Å². The highest BCUT2D eigenvalue weighted by Crippen LogP contribution is 2.19. The Kier molecular flexibility index (Phi) is 4.56. The average molecular weight is 193 g/mol. The normalized spacial score (nSPS) is 9.85. The first kappa shape index (κ1) is 10.3. The highest BCUT2D eigenvalue weighted by atomic mass is 32.1. The molecule has 1 aromatic heterocycles. The van der Waals surface area contributed by atoms with Gasteiger partial charge in [0, 0.05) is 16.2 Å². The molecule has 2 heteroatoms. The fourth-order valence-corrected chi connectivity index (χ4v) is 2.44. The third kappa shape index (κ3) is 3.61. The number of thiophene rings is 1. The molecule has 1 rings (SSSR count). The molecule has 13 heavy (non-hydrogen) atoms. The SMILES string of the molecule is CCCc1ccc(CCCC#N)s1. The van der Waals surface area contributed by atoms with E-state index in [2.05, 4.69) is 25.1 Å². The maximum atomic E-state index is 8.39. The van der Waals surface area contributed by atoms with Gasteiger partial charge in [0.1, 0.15) is 0 Å². The van der Waals surface area contributed by atoms with E-state index in [4.69, 9.17) is 5.26 Å². The minimum Gasteiger partial charge on any atom is -0.198 e. The molecule has 70 valence electrons. The molecule has 0 fully saturated rings. The Morgan fingerprint density at radius 3 is 2.62 bits per heavy atom. The summed E-state index contributed by atoms with van der Waals surface area (Å²) in [6.45, 7) is 2.20. The molecule has 0 aliphatic rings. The molecule has 0 saturated carbocycles. The molecule has 1 aromatic rings. The van der Waals surface area contributed by atoms with Crippen LogP contribution in [0.4, 0.5) is 0 Å². The average Bonchev–Trinajstić information content (AvgIpc) is 2.54. The lowest BCUT2D eigenvalue weighted by Crippen LogP contribution is -1.78. The Labute approximate surface area is 84.0 Å². The van der Waals surface area contributed by atoms with Crippen LogP contribution in [0.2, 0.25) is 0 Å². The summed E-state index contributed by atoms with van der Waals surface area (Å²) < 4.78 is 0. The molecule has 1 nitrogen and oxygen atoms in total. The van der Waals surface area contributed by atoms with Crippen LogP contribution >= 0.6 is 11.3 Å². The van der Waals surface area contributed by atoms with Gasteiger partial charge in [-0.2, -0.15) is 5.26 Å². The van der Waals surface area contributed by atoms with E-state index >= 15 is 0 Å². The second-order valence-electron chi connectivity index (χ2n) is 3.13. The van der Waals surface area contributed by atoms with Gasteiger partial charge in [0.15, 0.2) is 0 Å². The van der Waals surface area contributed by atoms with Crippen LogP contribution in [-0.4, -0.2) is 0 Å². The van der Waals surface area contributed by atoms with Crippen molar-refractivity contribution in [3.05, 3.63) is 21.9 Å². The summed E-state index contributed by atoms with van der Waals surface area (Å²) in [5.74, 6) is 0. The van der Waals surface area contributed by atoms with E-state index in [0.29, 0.717) is 6.42 Å². The van der Waals surface area contributed by atoms with Gasteiger partial charge in [0.25, 0.3) is 0 Å². The van der Waals surface area contributed by atoms with Crippen LogP contribution in [0.5, 0.6) is 0 Å². The summed E-state index contributed by atoms with van der Waals surface area (Å²) in [4.78, 5) is 2.91. The standard InChI is InChI=1S/C11H15NS/c1-2-5-10-7-8-11(13-10)6-3-4-9-12/h7-8H,2-6H2,1H3. The summed E-state index contributed by atoms with van der Waals surface area (Å²) >= 11 is 1.90. The second-order valence-corrected chi connectivity index (χ2v) is 4.38. The molecule has 0 N–H and O–H groups in total. The van der Waals surface area contributed by atoms with Gasteiger partial charge in [-0.05, 0) is 31.4 Å². The number of nitriles is 1. The predicted molar refractivity (Wildman–Crippen MR) is 56.9 cm³/mol. The Bertz CT molecular complexity index is 283. The fraction of sp³-hybridized carbons (Fsp3) is 0.545. The maximum absolute atomic E-state index is 8.39. The van der Waals surface area contributed by atoms with E-state index in [1.807, 2.05) is 11.3 Å². The summed E-state index contributed by atoms with van der Waals surface area (Å²) in [7, 11) is 0. The zero-order valence-corrected chi connectivity index (χ0v) is 8.86. The number of hydrogen-bond acceptors (Lipinski definition) is 2. The molecule has 0 atom stereocenters. The van der Waals surface area contributed by atoms with Crippen molar-refractivity contribution in [2.45, 2.75) is 39.0 Å². The van der Waals surface area contributed by atoms with Crippen LogP contribution in [0.3, 0.4) is 0 Å². The van der Waals surface area contributed by atoms with Gasteiger partial charge in [-0.1, -0.05) is 13.3 Å². The minimum absolute atomic E-state index is 0.682. The zero-order valence-electron chi connectivity index (χ0n) is 8.05. The Morgan fingerprint density at radius 2 is 2.00 bits per heavy atom. The summed E-state index contributed by atoms with van der Waals surface area (Å²) in [6, 6.07) is 6.59. The van der Waals surface area contributed by atoms with Gasteiger partial charge in [0.2, 0.25) is 0 Å². The summed E-state index contributed by atoms with van der Waals surface area (Å²) in [5.41, 5.74) is 0. The molecular weight excluding hydrogens is 178 g/mol. The van der Waals surface area contributed by atoms with E-state index in [1.54, 1.807) is 0 Å². The molecule has 0 aliphatic heterocycles. The second kappa shape index (κ2) is 5.77. The Morgan fingerprint density at radius 1 is 1.31 bits per heavy atom. The third-order valence-electron chi connectivity index (χ3n) is 1.93.